The van der Waals surface area contributed by atoms with Crippen LogP contribution >= 0.6 is 0 Å². The molecule has 3 aliphatic heterocycles. The number of nitrogens with one attached hydrogen (secondary N) is 1. The molecule has 0 aromatic rings. The van der Waals surface area contributed by atoms with Crippen molar-refractivity contribution >= 4 is 48.1 Å². The van der Waals surface area contributed by atoms with Crippen LogP contribution in [0.4, 0.5) is 0 Å². The predicted octanol–water partition coefficient (Wildman–Crippen LogP) is -36.4. The van der Waals surface area contributed by atoms with Crippen molar-refractivity contribution in [3.05, 3.63) is 14.1 Å². The molecule has 3 heterocycles. The summed E-state index contributed by atoms with van der Waals surface area (Å²) in [6.07, 6.45) is -0.797. The summed E-state index contributed by atoms with van der Waals surface area (Å²) < 4.78 is 49.9. The summed E-state index contributed by atoms with van der Waals surface area (Å²) in [5, 5.41) is 95.2. The number of hydrogen-bond acceptors (Lipinski definition) is 32. The molecule has 0 aliphatic carbocycles. The molecule has 0 aromatic heterocycles. The van der Waals surface area contributed by atoms with Gasteiger partial charge in [0.05, 0.1) is 153 Å². The van der Waals surface area contributed by atoms with Gasteiger partial charge >= 0.3 is 249 Å². The van der Waals surface area contributed by atoms with Gasteiger partial charge in [-0.2, -0.15) is 19.2 Å². The Balaban J connectivity index is -0.000000137. The minimum absolute atomic E-state index is 0. The molecule has 0 spiro atoms. The second kappa shape index (κ2) is 69.3. The fourth-order valence-electron chi connectivity index (χ4n) is 6.23. The summed E-state index contributed by atoms with van der Waals surface area (Å²) in [7, 11) is 7.08. The molecule has 0 amide bonds. The topological polar surface area (TPSA) is 484 Å². The van der Waals surface area contributed by atoms with Crippen molar-refractivity contribution in [1.29, 1.82) is 0 Å². The summed E-state index contributed by atoms with van der Waals surface area (Å²) in [6.45, 7) is 4.80. The zero-order valence-corrected chi connectivity index (χ0v) is 67.7. The number of carboxylic acids is 6. The van der Waals surface area contributed by atoms with Crippen LogP contribution < -0.4 is 272 Å². The van der Waals surface area contributed by atoms with Crippen LogP contribution in [0.2, 0.25) is 0 Å². The van der Waals surface area contributed by atoms with Crippen molar-refractivity contribution in [2.24, 2.45) is 10.8 Å². The average molecular weight is 1310 g/mol. The number of rotatable bonds is 44. The molecule has 40 heteroatoms. The van der Waals surface area contributed by atoms with E-state index < -0.39 is 98.8 Å². The van der Waals surface area contributed by atoms with Crippen LogP contribution in [0.5, 0.6) is 0 Å². The van der Waals surface area contributed by atoms with Gasteiger partial charge in [0.15, 0.2) is 0 Å². The molecule has 6 unspecified atom stereocenters. The molecule has 0 bridgehead atoms. The summed E-state index contributed by atoms with van der Waals surface area (Å²) in [5.41, 5.74) is -1.00. The monoisotopic (exact) mass is 1310 g/mol. The van der Waals surface area contributed by atoms with Crippen LogP contribution in [0.3, 0.4) is 0 Å². The quantitative estimate of drug-likeness (QED) is 0.0250. The number of aliphatic carboxylic acids is 6. The maximum absolute atomic E-state index is 10.9. The van der Waals surface area contributed by atoms with Gasteiger partial charge in [-0.25, -0.2) is 0 Å². The summed E-state index contributed by atoms with van der Waals surface area (Å²) in [4.78, 5) is 98.2. The average Bonchev–Trinajstić information content (AvgIpc) is 4.17. The first-order valence-electron chi connectivity index (χ1n) is 23.9. The first-order valence-corrected chi connectivity index (χ1v) is 23.9. The predicted molar refractivity (Wildman–Crippen MR) is 241 cm³/mol. The van der Waals surface area contributed by atoms with E-state index >= 15 is 0 Å². The molecule has 0 saturated carbocycles. The van der Waals surface area contributed by atoms with Gasteiger partial charge in [-0.05, 0) is 19.4 Å². The fourth-order valence-corrected chi connectivity index (χ4v) is 6.23. The normalized spacial score (nSPS) is 16.7. The third-order valence-corrected chi connectivity index (χ3v) is 10.4. The molecule has 452 valence electrons. The molecule has 3 aliphatic rings. The Morgan fingerprint density at radius 2 is 0.698 bits per heavy atom. The van der Waals surface area contributed by atoms with Crippen molar-refractivity contribution in [3.63, 3.8) is 0 Å². The Kier molecular flexibility index (Phi) is 88.9. The summed E-state index contributed by atoms with van der Waals surface area (Å²) in [6, 6.07) is 0. The van der Waals surface area contributed by atoms with Crippen LogP contribution in [0, 0.1) is 24.9 Å². The van der Waals surface area contributed by atoms with E-state index in [4.69, 9.17) is 61.8 Å². The van der Waals surface area contributed by atoms with Crippen LogP contribution in [0.15, 0.2) is 0 Å². The molecule has 86 heavy (non-hydrogen) atoms. The van der Waals surface area contributed by atoms with E-state index in [2.05, 4.69) is 26.3 Å². The van der Waals surface area contributed by atoms with Crippen LogP contribution in [-0.4, -0.2) is 273 Å². The third-order valence-electron chi connectivity index (χ3n) is 10.4. The van der Waals surface area contributed by atoms with Gasteiger partial charge < -0.3 is 142 Å². The van der Waals surface area contributed by atoms with Crippen molar-refractivity contribution < 1.29 is 373 Å². The Labute approximate surface area is 677 Å². The number of aliphatic hydroxyl groups excluding tert-OH is 3. The maximum Gasteiger partial charge on any atom is 1.00 e. The van der Waals surface area contributed by atoms with Crippen LogP contribution in [0.25, 0.3) is 0 Å². The van der Waals surface area contributed by atoms with Crippen molar-refractivity contribution in [3.8, 4) is 0 Å². The summed E-state index contributed by atoms with van der Waals surface area (Å²) in [5.74, 6) is -8.85. The zero-order valence-electron chi connectivity index (χ0n) is 51.7. The van der Waals surface area contributed by atoms with Gasteiger partial charge in [0, 0.05) is 63.2 Å². The fraction of sp³-hybridized carbons (Fsp3) is 0.783. The number of carbonyl (C=O) groups excluding carboxylic acids is 10. The Morgan fingerprint density at radius 3 is 0.884 bits per heavy atom. The molecule has 3 fully saturated rings. The minimum Gasteiger partial charge on any atom is -0.608 e. The van der Waals surface area contributed by atoms with E-state index in [1.54, 1.807) is 6.92 Å². The number of aliphatic hydroxyl groups is 3. The molecule has 3 saturated heterocycles. The first kappa shape index (κ1) is 110. The van der Waals surface area contributed by atoms with Crippen LogP contribution in [0.1, 0.15) is 26.7 Å². The Bertz CT molecular complexity index is 1620. The van der Waals surface area contributed by atoms with E-state index in [1.165, 1.54) is 4.90 Å². The standard InChI is InChI=1S/C25H45N3O14.C15H26O6.C4H7NO4.2CO2.8Na/c1-4-25(15-40-12-18(29)5-26(2)3,16-41-13-19(30)6-27(8-21(32)33)9-22(34)35)17-42-14-20(31)7-28(10-23(36)37)11-24(38)39;1-2-15(9-16-3-12-6-19-12,10-17-4-13-7-20-13)11-18-5-14-8-21-14;6-3(7)1-5-2-4(8)9;2*2-1-3;;;;;;;;/h18-20,29-31H,2-17H2,1H3,(H,32,33)(H,34,35)(H,36,37)(H,38,39);12-14H,2-11H2,1H3;5H,1-2H2,(H,6,7)(H,8,9);;;;;;;;;;/q-2;;;;;8*+1/p-6. The molecule has 0 aromatic carbocycles. The van der Waals surface area contributed by atoms with E-state index in [9.17, 15) is 74.7 Å². The van der Waals surface area contributed by atoms with E-state index in [0.29, 0.717) is 64.4 Å². The molecule has 0 radical (unpaired) electrons. The summed E-state index contributed by atoms with van der Waals surface area (Å²) >= 11 is 0. The number of ether oxygens (including phenoxy) is 9. The first-order chi connectivity index (χ1) is 36.8. The molecular formula is C46H72N4Na8O28. The molecule has 4 N–H and O–H groups in total. The second-order valence-electron chi connectivity index (χ2n) is 17.8. The number of carbonyl (C=O) groups is 6. The van der Waals surface area contributed by atoms with Gasteiger partial charge in [0.2, 0.25) is 0 Å². The number of carboxylic acid groups (broad SMARTS) is 6. The SMILES string of the molecule is CCC(COCC1CO1)(COCC1CO1)COCC1CO1.O=C([O-])CNCC(=O)[O-].O=C=O.O=C=O.[CH2-]N([CH2-])CC(O)COCC(CC)(COCC(O)CN(CC(=O)[O-])CC(=O)[O-])COCC(O)CN(CC(=O)[O-])CC(=O)[O-].[Na+].[Na+].[Na+].[Na+].[Na+].[Na+].[Na+].[Na+]. The molecule has 3 rings (SSSR count). The van der Waals surface area contributed by atoms with Crippen molar-refractivity contribution in [1.82, 2.24) is 20.0 Å². The van der Waals surface area contributed by atoms with Gasteiger partial charge in [0.1, 0.15) is 18.3 Å². The second-order valence-corrected chi connectivity index (χ2v) is 17.8. The van der Waals surface area contributed by atoms with Gasteiger partial charge in [0.25, 0.3) is 0 Å². The maximum atomic E-state index is 10.9. The Hall–Kier alpha value is 2.94. The van der Waals surface area contributed by atoms with Gasteiger partial charge in [-0.1, -0.05) is 13.8 Å². The number of nitrogens with zero attached hydrogens (tertiary/aromatic N) is 3. The minimum atomic E-state index is -1.55. The molecule has 32 nitrogen and oxygen atoms in total. The third kappa shape index (κ3) is 72.8. The Morgan fingerprint density at radius 1 is 0.477 bits per heavy atom. The number of epoxide rings is 3. The van der Waals surface area contributed by atoms with Gasteiger partial charge in [-0.3, -0.25) is 9.80 Å². The zero-order chi connectivity index (χ0) is 59.5. The van der Waals surface area contributed by atoms with Gasteiger partial charge in [-0.15, -0.1) is 0 Å². The van der Waals surface area contributed by atoms with E-state index in [0.717, 1.165) is 36.0 Å². The van der Waals surface area contributed by atoms with E-state index in [-0.39, 0.29) is 313 Å². The van der Waals surface area contributed by atoms with E-state index in [1.807, 2.05) is 0 Å². The smallest absolute Gasteiger partial charge is 0.608 e. The number of hydrogen-bond donors (Lipinski definition) is 4. The van der Waals surface area contributed by atoms with Crippen LogP contribution in [-0.2, 0) is 90.6 Å². The largest absolute Gasteiger partial charge is 1.00 e. The van der Waals surface area contributed by atoms with Crippen molar-refractivity contribution in [2.75, 3.05) is 158 Å². The molecule has 6 atom stereocenters. The van der Waals surface area contributed by atoms with Crippen molar-refractivity contribution in [2.45, 2.75) is 63.3 Å². The molecular weight excluding hydrogens is 1240 g/mol.